The first-order valence-corrected chi connectivity index (χ1v) is 5.78. The molecular formula is C11H9F2N3OS. The third-order valence-electron chi connectivity index (χ3n) is 2.21. The largest absolute Gasteiger partial charge is 0.397 e. The summed E-state index contributed by atoms with van der Waals surface area (Å²) < 4.78 is 26.5. The van der Waals surface area contributed by atoms with E-state index < -0.39 is 17.5 Å². The number of rotatable bonds is 2. The van der Waals surface area contributed by atoms with E-state index in [0.29, 0.717) is 9.88 Å². The number of carbonyl (C=O) groups excluding carboxylic acids is 1. The first kappa shape index (κ1) is 12.4. The maximum atomic E-state index is 13.5. The van der Waals surface area contributed by atoms with Gasteiger partial charge in [0.25, 0.3) is 5.91 Å². The Morgan fingerprint density at radius 1 is 1.44 bits per heavy atom. The van der Waals surface area contributed by atoms with E-state index >= 15 is 0 Å². The zero-order chi connectivity index (χ0) is 13.3. The number of nitrogen functional groups attached to an aromatic ring is 1. The van der Waals surface area contributed by atoms with E-state index in [4.69, 9.17) is 5.73 Å². The summed E-state index contributed by atoms with van der Waals surface area (Å²) in [6, 6.07) is 2.09. The standard InChI is InChI=1S/C11H9F2N3OS/c1-5-15-4-8(18-5)11(17)16-10-7(14)3-2-6(12)9(10)13/h2-4H,14H2,1H3,(H,16,17). The van der Waals surface area contributed by atoms with Crippen LogP contribution in [0.25, 0.3) is 0 Å². The molecule has 1 amide bonds. The van der Waals surface area contributed by atoms with Crippen molar-refractivity contribution in [2.45, 2.75) is 6.92 Å². The minimum Gasteiger partial charge on any atom is -0.397 e. The Bertz CT molecular complexity index is 612. The Hall–Kier alpha value is -2.02. The molecule has 3 N–H and O–H groups in total. The van der Waals surface area contributed by atoms with Crippen molar-refractivity contribution in [3.63, 3.8) is 0 Å². The molecule has 0 aliphatic carbocycles. The molecule has 0 aliphatic heterocycles. The van der Waals surface area contributed by atoms with E-state index in [1.807, 2.05) is 0 Å². The van der Waals surface area contributed by atoms with E-state index in [2.05, 4.69) is 10.3 Å². The molecule has 0 atom stereocenters. The summed E-state index contributed by atoms with van der Waals surface area (Å²) >= 11 is 1.15. The predicted molar refractivity (Wildman–Crippen MR) is 65.6 cm³/mol. The van der Waals surface area contributed by atoms with Gasteiger partial charge in [-0.1, -0.05) is 0 Å². The summed E-state index contributed by atoms with van der Waals surface area (Å²) in [6.07, 6.45) is 1.36. The van der Waals surface area contributed by atoms with Crippen molar-refractivity contribution in [3.05, 3.63) is 39.8 Å². The van der Waals surface area contributed by atoms with E-state index in [0.717, 1.165) is 17.4 Å². The van der Waals surface area contributed by atoms with E-state index in [-0.39, 0.29) is 11.4 Å². The lowest BCUT2D eigenvalue weighted by atomic mass is 10.2. The van der Waals surface area contributed by atoms with Gasteiger partial charge in [-0.25, -0.2) is 13.8 Å². The van der Waals surface area contributed by atoms with E-state index in [1.165, 1.54) is 12.3 Å². The molecule has 18 heavy (non-hydrogen) atoms. The van der Waals surface area contributed by atoms with E-state index in [9.17, 15) is 13.6 Å². The Labute approximate surface area is 105 Å². The summed E-state index contributed by atoms with van der Waals surface area (Å²) in [7, 11) is 0. The molecular weight excluding hydrogens is 260 g/mol. The van der Waals surface area contributed by atoms with Gasteiger partial charge in [-0.15, -0.1) is 11.3 Å². The van der Waals surface area contributed by atoms with Crippen LogP contribution in [-0.4, -0.2) is 10.9 Å². The lowest BCUT2D eigenvalue weighted by molar-refractivity contribution is 0.103. The predicted octanol–water partition coefficient (Wildman–Crippen LogP) is 2.56. The highest BCUT2D eigenvalue weighted by atomic mass is 32.1. The van der Waals surface area contributed by atoms with Crippen molar-refractivity contribution in [3.8, 4) is 0 Å². The maximum Gasteiger partial charge on any atom is 0.267 e. The topological polar surface area (TPSA) is 68.0 Å². The zero-order valence-corrected chi connectivity index (χ0v) is 10.1. The van der Waals surface area contributed by atoms with Gasteiger partial charge < -0.3 is 11.1 Å². The van der Waals surface area contributed by atoms with Crippen LogP contribution in [-0.2, 0) is 0 Å². The van der Waals surface area contributed by atoms with Crippen LogP contribution >= 0.6 is 11.3 Å². The van der Waals surface area contributed by atoms with Gasteiger partial charge in [0.1, 0.15) is 10.6 Å². The van der Waals surface area contributed by atoms with Crippen LogP contribution in [0, 0.1) is 18.6 Å². The SMILES string of the molecule is Cc1ncc(C(=O)Nc2c(N)ccc(F)c2F)s1. The molecule has 1 aromatic carbocycles. The van der Waals surface area contributed by atoms with Crippen LogP contribution < -0.4 is 11.1 Å². The molecule has 2 rings (SSSR count). The van der Waals surface area contributed by atoms with Crippen molar-refractivity contribution in [2.24, 2.45) is 0 Å². The minimum absolute atomic E-state index is 0.0384. The number of aryl methyl sites for hydroxylation is 1. The first-order chi connectivity index (χ1) is 8.49. The Kier molecular flexibility index (Phi) is 3.24. The number of nitrogens with two attached hydrogens (primary N) is 1. The molecule has 2 aromatic rings. The second-order valence-electron chi connectivity index (χ2n) is 3.52. The first-order valence-electron chi connectivity index (χ1n) is 4.96. The number of hydrogen-bond acceptors (Lipinski definition) is 4. The van der Waals surface area contributed by atoms with Gasteiger partial charge in [-0.2, -0.15) is 0 Å². The molecule has 0 bridgehead atoms. The summed E-state index contributed by atoms with van der Waals surface area (Å²) in [4.78, 5) is 16.0. The molecule has 4 nitrogen and oxygen atoms in total. The summed E-state index contributed by atoms with van der Waals surface area (Å²) in [5, 5.41) is 2.94. The van der Waals surface area contributed by atoms with Gasteiger partial charge in [0.2, 0.25) is 0 Å². The van der Waals surface area contributed by atoms with Crippen molar-refractivity contribution in [1.29, 1.82) is 0 Å². The van der Waals surface area contributed by atoms with Crippen molar-refractivity contribution in [2.75, 3.05) is 11.1 Å². The normalized spacial score (nSPS) is 10.4. The summed E-state index contributed by atoms with van der Waals surface area (Å²) in [5.41, 5.74) is 5.09. The van der Waals surface area contributed by atoms with Gasteiger partial charge in [0.15, 0.2) is 11.6 Å². The van der Waals surface area contributed by atoms with Crippen molar-refractivity contribution < 1.29 is 13.6 Å². The molecule has 1 heterocycles. The van der Waals surface area contributed by atoms with Crippen molar-refractivity contribution >= 4 is 28.6 Å². The second-order valence-corrected chi connectivity index (χ2v) is 4.76. The smallest absolute Gasteiger partial charge is 0.267 e. The maximum absolute atomic E-state index is 13.5. The molecule has 7 heteroatoms. The molecule has 0 fully saturated rings. The van der Waals surface area contributed by atoms with Crippen LogP contribution in [0.3, 0.4) is 0 Å². The molecule has 0 spiro atoms. The Morgan fingerprint density at radius 3 is 2.78 bits per heavy atom. The number of amides is 1. The van der Waals surface area contributed by atoms with Crippen LogP contribution in [0.1, 0.15) is 14.7 Å². The number of hydrogen-bond donors (Lipinski definition) is 2. The fraction of sp³-hybridized carbons (Fsp3) is 0.0909. The molecule has 0 radical (unpaired) electrons. The fourth-order valence-electron chi connectivity index (χ4n) is 1.33. The number of halogens is 2. The average molecular weight is 269 g/mol. The lowest BCUT2D eigenvalue weighted by Crippen LogP contribution is -2.13. The van der Waals surface area contributed by atoms with Gasteiger partial charge in [-0.05, 0) is 19.1 Å². The van der Waals surface area contributed by atoms with Gasteiger partial charge in [0, 0.05) is 0 Å². The Balaban J connectivity index is 2.30. The highest BCUT2D eigenvalue weighted by molar-refractivity contribution is 7.13. The zero-order valence-electron chi connectivity index (χ0n) is 9.33. The number of aromatic nitrogens is 1. The van der Waals surface area contributed by atoms with Gasteiger partial charge >= 0.3 is 0 Å². The number of carbonyl (C=O) groups is 1. The number of thiazole rings is 1. The summed E-state index contributed by atoms with van der Waals surface area (Å²) in [5.74, 6) is -2.82. The molecule has 0 saturated heterocycles. The highest BCUT2D eigenvalue weighted by Gasteiger charge is 2.16. The second kappa shape index (κ2) is 4.69. The van der Waals surface area contributed by atoms with Crippen LogP contribution in [0.5, 0.6) is 0 Å². The monoisotopic (exact) mass is 269 g/mol. The summed E-state index contributed by atoms with van der Waals surface area (Å²) in [6.45, 7) is 1.73. The molecule has 0 unspecified atom stereocenters. The molecule has 0 saturated carbocycles. The Morgan fingerprint density at radius 2 is 2.17 bits per heavy atom. The highest BCUT2D eigenvalue weighted by Crippen LogP contribution is 2.25. The average Bonchev–Trinajstić information content (AvgIpc) is 2.76. The minimum atomic E-state index is -1.18. The van der Waals surface area contributed by atoms with Crippen LogP contribution in [0.4, 0.5) is 20.2 Å². The number of nitrogens with one attached hydrogen (secondary N) is 1. The molecule has 94 valence electrons. The number of nitrogens with zero attached hydrogens (tertiary/aromatic N) is 1. The number of benzene rings is 1. The van der Waals surface area contributed by atoms with E-state index in [1.54, 1.807) is 6.92 Å². The third kappa shape index (κ3) is 2.30. The lowest BCUT2D eigenvalue weighted by Gasteiger charge is -2.08. The third-order valence-corrected chi connectivity index (χ3v) is 3.12. The van der Waals surface area contributed by atoms with Gasteiger partial charge in [-0.3, -0.25) is 4.79 Å². The van der Waals surface area contributed by atoms with Crippen molar-refractivity contribution in [1.82, 2.24) is 4.98 Å². The van der Waals surface area contributed by atoms with Gasteiger partial charge in [0.05, 0.1) is 16.9 Å². The van der Waals surface area contributed by atoms with Crippen LogP contribution in [0.2, 0.25) is 0 Å². The van der Waals surface area contributed by atoms with Crippen LogP contribution in [0.15, 0.2) is 18.3 Å². The molecule has 0 aliphatic rings. The molecule has 1 aromatic heterocycles. The quantitative estimate of drug-likeness (QED) is 0.823. The number of anilines is 2. The fourth-order valence-corrected chi connectivity index (χ4v) is 2.01.